The van der Waals surface area contributed by atoms with Gasteiger partial charge in [0.2, 0.25) is 0 Å². The van der Waals surface area contributed by atoms with Gasteiger partial charge < -0.3 is 4.74 Å². The Bertz CT molecular complexity index is 571. The number of hydrogen-bond acceptors (Lipinski definition) is 3. The highest BCUT2D eigenvalue weighted by Gasteiger charge is 2.38. The Morgan fingerprint density at radius 2 is 1.38 bits per heavy atom. The number of alkyl halides is 6. The van der Waals surface area contributed by atoms with Crippen LogP contribution >= 0.6 is 0 Å². The molecule has 0 saturated heterocycles. The summed E-state index contributed by atoms with van der Waals surface area (Å²) in [5.74, 6) is -0.720. The van der Waals surface area contributed by atoms with Gasteiger partial charge in [0.15, 0.2) is 9.84 Å². The number of rotatable bonds is 4. The maximum atomic E-state index is 12.6. The summed E-state index contributed by atoms with van der Waals surface area (Å²) in [6.45, 7) is -0.347. The second-order valence-corrected chi connectivity index (χ2v) is 6.16. The van der Waals surface area contributed by atoms with E-state index in [1.54, 1.807) is 0 Å². The van der Waals surface area contributed by atoms with Gasteiger partial charge in [0.1, 0.15) is 0 Å². The monoisotopic (exact) mass is 336 g/mol. The Kier molecular flexibility index (Phi) is 4.94. The molecule has 0 atom stereocenters. The standard InChI is InChI=1S/C11H10F6O3S/c1-20-2-3-21(18,19)9-5-7(10(12,13)14)4-8(6-9)11(15,16)17/h4-6H,2-3H2,1H3. The SMILES string of the molecule is COCCS(=O)(=O)c1cc(C(F)(F)F)cc(C(F)(F)F)c1. The van der Waals surface area contributed by atoms with Crippen LogP contribution in [0, 0.1) is 0 Å². The van der Waals surface area contributed by atoms with E-state index in [1.807, 2.05) is 0 Å². The van der Waals surface area contributed by atoms with Gasteiger partial charge in [-0.2, -0.15) is 26.3 Å². The van der Waals surface area contributed by atoms with Crippen LogP contribution in [0.2, 0.25) is 0 Å². The fraction of sp³-hybridized carbons (Fsp3) is 0.455. The average molecular weight is 336 g/mol. The number of methoxy groups -OCH3 is 1. The highest BCUT2D eigenvalue weighted by atomic mass is 32.2. The Labute approximate surface area is 116 Å². The van der Waals surface area contributed by atoms with E-state index in [0.717, 1.165) is 7.11 Å². The highest BCUT2D eigenvalue weighted by molar-refractivity contribution is 7.91. The molecule has 0 aliphatic rings. The summed E-state index contributed by atoms with van der Waals surface area (Å²) in [5, 5.41) is 0. The summed E-state index contributed by atoms with van der Waals surface area (Å²) in [6.07, 6.45) is -10.2. The molecular weight excluding hydrogens is 326 g/mol. The third-order valence-corrected chi connectivity index (χ3v) is 4.13. The van der Waals surface area contributed by atoms with Crippen molar-refractivity contribution >= 4 is 9.84 Å². The lowest BCUT2D eigenvalue weighted by atomic mass is 10.1. The fourth-order valence-electron chi connectivity index (χ4n) is 1.42. The minimum absolute atomic E-state index is 0.130. The summed E-state index contributed by atoms with van der Waals surface area (Å²) in [7, 11) is -3.16. The van der Waals surface area contributed by atoms with E-state index in [0.29, 0.717) is 0 Å². The van der Waals surface area contributed by atoms with E-state index < -0.39 is 44.0 Å². The highest BCUT2D eigenvalue weighted by Crippen LogP contribution is 2.37. The second kappa shape index (κ2) is 5.84. The van der Waals surface area contributed by atoms with Crippen LogP contribution in [0.5, 0.6) is 0 Å². The molecule has 0 saturated carbocycles. The summed E-state index contributed by atoms with van der Waals surface area (Å²) >= 11 is 0. The molecule has 0 aromatic heterocycles. The zero-order valence-electron chi connectivity index (χ0n) is 10.5. The number of benzene rings is 1. The second-order valence-electron chi connectivity index (χ2n) is 4.05. The van der Waals surface area contributed by atoms with Gasteiger partial charge in [-0.25, -0.2) is 8.42 Å². The van der Waals surface area contributed by atoms with Gasteiger partial charge in [-0.1, -0.05) is 0 Å². The van der Waals surface area contributed by atoms with Crippen LogP contribution < -0.4 is 0 Å². The third-order valence-electron chi connectivity index (χ3n) is 2.48. The smallest absolute Gasteiger partial charge is 0.384 e. The van der Waals surface area contributed by atoms with E-state index in [2.05, 4.69) is 4.74 Å². The first-order valence-electron chi connectivity index (χ1n) is 5.39. The molecule has 0 unspecified atom stereocenters. The van der Waals surface area contributed by atoms with Crippen LogP contribution in [-0.4, -0.2) is 27.9 Å². The van der Waals surface area contributed by atoms with E-state index in [-0.39, 0.29) is 24.8 Å². The third kappa shape index (κ3) is 4.60. The van der Waals surface area contributed by atoms with Crippen molar-refractivity contribution in [1.29, 1.82) is 0 Å². The van der Waals surface area contributed by atoms with E-state index >= 15 is 0 Å². The first-order chi connectivity index (χ1) is 9.38. The number of halogens is 6. The van der Waals surface area contributed by atoms with Crippen molar-refractivity contribution in [3.05, 3.63) is 29.3 Å². The Morgan fingerprint density at radius 3 is 1.71 bits per heavy atom. The van der Waals surface area contributed by atoms with Crippen molar-refractivity contribution in [3.8, 4) is 0 Å². The molecule has 1 aromatic rings. The van der Waals surface area contributed by atoms with Crippen LogP contribution in [-0.2, 0) is 26.9 Å². The number of hydrogen-bond donors (Lipinski definition) is 0. The van der Waals surface area contributed by atoms with Crippen molar-refractivity contribution in [1.82, 2.24) is 0 Å². The lowest BCUT2D eigenvalue weighted by Crippen LogP contribution is -2.16. The molecule has 10 heteroatoms. The fourth-order valence-corrected chi connectivity index (χ4v) is 2.65. The van der Waals surface area contributed by atoms with Crippen molar-refractivity contribution in [2.75, 3.05) is 19.5 Å². The van der Waals surface area contributed by atoms with Crippen LogP contribution in [0.4, 0.5) is 26.3 Å². The lowest BCUT2D eigenvalue weighted by molar-refractivity contribution is -0.143. The topological polar surface area (TPSA) is 43.4 Å². The summed E-state index contributed by atoms with van der Waals surface area (Å²) in [5.41, 5.74) is -3.35. The molecule has 0 aliphatic carbocycles. The first-order valence-corrected chi connectivity index (χ1v) is 7.04. The lowest BCUT2D eigenvalue weighted by Gasteiger charge is -2.14. The summed E-state index contributed by atoms with van der Waals surface area (Å²) in [4.78, 5) is -1.04. The van der Waals surface area contributed by atoms with Gasteiger partial charge in [0.25, 0.3) is 0 Å². The van der Waals surface area contributed by atoms with Crippen molar-refractivity contribution in [3.63, 3.8) is 0 Å². The molecular formula is C11H10F6O3S. The van der Waals surface area contributed by atoms with Gasteiger partial charge in [0.05, 0.1) is 28.4 Å². The predicted molar refractivity (Wildman–Crippen MR) is 60.4 cm³/mol. The van der Waals surface area contributed by atoms with E-state index in [9.17, 15) is 34.8 Å². The molecule has 0 aliphatic heterocycles. The van der Waals surface area contributed by atoms with Gasteiger partial charge in [-0.15, -0.1) is 0 Å². The largest absolute Gasteiger partial charge is 0.416 e. The normalized spacial score (nSPS) is 13.5. The minimum atomic E-state index is -5.09. The molecule has 0 heterocycles. The Morgan fingerprint density at radius 1 is 0.952 bits per heavy atom. The van der Waals surface area contributed by atoms with Crippen molar-refractivity contribution in [2.24, 2.45) is 0 Å². The molecule has 0 N–H and O–H groups in total. The van der Waals surface area contributed by atoms with Gasteiger partial charge in [-0.05, 0) is 18.2 Å². The molecule has 0 radical (unpaired) electrons. The minimum Gasteiger partial charge on any atom is -0.384 e. The van der Waals surface area contributed by atoms with Crippen LogP contribution in [0.15, 0.2) is 23.1 Å². The molecule has 1 aromatic carbocycles. The molecule has 0 amide bonds. The number of ether oxygens (including phenoxy) is 1. The van der Waals surface area contributed by atoms with E-state index in [1.165, 1.54) is 0 Å². The predicted octanol–water partition coefficient (Wildman–Crippen LogP) is 3.14. The van der Waals surface area contributed by atoms with Crippen LogP contribution in [0.1, 0.15) is 11.1 Å². The molecule has 0 bridgehead atoms. The van der Waals surface area contributed by atoms with Crippen LogP contribution in [0.3, 0.4) is 0 Å². The quantitative estimate of drug-likeness (QED) is 0.794. The van der Waals surface area contributed by atoms with E-state index in [4.69, 9.17) is 0 Å². The van der Waals surface area contributed by atoms with Gasteiger partial charge >= 0.3 is 12.4 Å². The average Bonchev–Trinajstić information content (AvgIpc) is 2.34. The molecule has 3 nitrogen and oxygen atoms in total. The zero-order chi connectivity index (χ0) is 16.5. The maximum absolute atomic E-state index is 12.6. The summed E-state index contributed by atoms with van der Waals surface area (Å²) in [6, 6.07) is 0.232. The van der Waals surface area contributed by atoms with Crippen molar-refractivity contribution < 1.29 is 39.5 Å². The summed E-state index contributed by atoms with van der Waals surface area (Å²) < 4.78 is 103. The first kappa shape index (κ1) is 17.8. The maximum Gasteiger partial charge on any atom is 0.416 e. The molecule has 120 valence electrons. The molecule has 1 rings (SSSR count). The van der Waals surface area contributed by atoms with Crippen molar-refractivity contribution in [2.45, 2.75) is 17.2 Å². The van der Waals surface area contributed by atoms with Gasteiger partial charge in [-0.3, -0.25) is 0 Å². The van der Waals surface area contributed by atoms with Crippen LogP contribution in [0.25, 0.3) is 0 Å². The molecule has 0 spiro atoms. The van der Waals surface area contributed by atoms with Gasteiger partial charge in [0, 0.05) is 7.11 Å². The Hall–Kier alpha value is -1.29. The number of sulfone groups is 1. The zero-order valence-corrected chi connectivity index (χ0v) is 11.4. The molecule has 21 heavy (non-hydrogen) atoms. The Balaban J connectivity index is 3.46. The molecule has 0 fully saturated rings.